The van der Waals surface area contributed by atoms with Crippen LogP contribution in [0.1, 0.15) is 31.2 Å². The molecular weight excluding hydrogens is 278 g/mol. The number of hydrogen-bond donors (Lipinski definition) is 1. The van der Waals surface area contributed by atoms with Crippen molar-refractivity contribution in [2.75, 3.05) is 13.1 Å². The van der Waals surface area contributed by atoms with Crippen LogP contribution in [-0.4, -0.2) is 35.3 Å². The second kappa shape index (κ2) is 6.46. The number of nitrogens with zero attached hydrogens (tertiary/aromatic N) is 1. The van der Waals surface area contributed by atoms with E-state index in [1.165, 1.54) is 4.90 Å². The minimum absolute atomic E-state index is 0.0529. The fourth-order valence-corrected chi connectivity index (χ4v) is 3.22. The molecule has 1 aromatic carbocycles. The van der Waals surface area contributed by atoms with Crippen LogP contribution in [0, 0.1) is 5.92 Å². The molecule has 1 N–H and O–H groups in total. The van der Waals surface area contributed by atoms with Crippen LogP contribution in [0.15, 0.2) is 24.3 Å². The van der Waals surface area contributed by atoms with Crippen LogP contribution in [0.3, 0.4) is 0 Å². The van der Waals surface area contributed by atoms with E-state index in [9.17, 15) is 15.0 Å². The molecule has 1 aliphatic heterocycles. The largest absolute Gasteiger partial charge is 0.530 e. The number of likely N-dealkylation sites (tertiary alicyclic amines) is 1. The number of β-amino-alcohol motifs (C(OH)–C–C–N with tert-alkyl or cyclic N) is 1. The minimum atomic E-state index is -1.21. The van der Waals surface area contributed by atoms with Crippen molar-refractivity contribution in [2.45, 2.75) is 31.8 Å². The number of carbonyl (C=O) groups excluding carboxylic acids is 1. The number of hydrogen-bond acceptors (Lipinski definition) is 3. The molecule has 0 bridgehead atoms. The van der Waals surface area contributed by atoms with E-state index in [2.05, 4.69) is 6.92 Å². The van der Waals surface area contributed by atoms with Crippen molar-refractivity contribution in [3.8, 4) is 0 Å². The van der Waals surface area contributed by atoms with E-state index < -0.39 is 12.2 Å². The Morgan fingerprint density at radius 3 is 2.60 bits per heavy atom. The lowest BCUT2D eigenvalue weighted by Gasteiger charge is -2.43. The fourth-order valence-electron chi connectivity index (χ4n) is 3.09. The fraction of sp³-hybridized carbons (Fsp3) is 0.533. The maximum absolute atomic E-state index is 11.0. The molecule has 4 nitrogen and oxygen atoms in total. The second-order valence-electron chi connectivity index (χ2n) is 5.36. The number of carboxylic acid groups (broad SMARTS) is 1. The minimum Gasteiger partial charge on any atom is -0.530 e. The van der Waals surface area contributed by atoms with Gasteiger partial charge in [-0.1, -0.05) is 37.1 Å². The van der Waals surface area contributed by atoms with Crippen LogP contribution in [0.4, 0.5) is 4.79 Å². The van der Waals surface area contributed by atoms with Gasteiger partial charge in [-0.3, -0.25) is 0 Å². The Labute approximate surface area is 124 Å². The Morgan fingerprint density at radius 1 is 1.40 bits per heavy atom. The summed E-state index contributed by atoms with van der Waals surface area (Å²) in [6.45, 7) is 2.58. The summed E-state index contributed by atoms with van der Waals surface area (Å²) < 4.78 is 0. The quantitative estimate of drug-likeness (QED) is 0.926. The van der Waals surface area contributed by atoms with Crippen LogP contribution in [-0.2, 0) is 0 Å². The number of piperidine rings is 1. The van der Waals surface area contributed by atoms with Crippen molar-refractivity contribution < 1.29 is 15.0 Å². The van der Waals surface area contributed by atoms with Crippen LogP contribution in [0.2, 0.25) is 5.02 Å². The van der Waals surface area contributed by atoms with Gasteiger partial charge in [-0.25, -0.2) is 0 Å². The normalized spacial score (nSPS) is 26.6. The van der Waals surface area contributed by atoms with Crippen LogP contribution in [0.25, 0.3) is 0 Å². The molecule has 2 rings (SSSR count). The average Bonchev–Trinajstić information content (AvgIpc) is 2.40. The molecule has 110 valence electrons. The van der Waals surface area contributed by atoms with E-state index in [0.29, 0.717) is 11.6 Å². The van der Waals surface area contributed by atoms with Gasteiger partial charge in [-0.2, -0.15) is 0 Å². The Kier molecular flexibility index (Phi) is 4.89. The van der Waals surface area contributed by atoms with Crippen LogP contribution in [0.5, 0.6) is 0 Å². The molecule has 0 aliphatic carbocycles. The molecule has 3 atom stereocenters. The molecule has 0 spiro atoms. The Hall–Kier alpha value is -1.26. The highest BCUT2D eigenvalue weighted by Gasteiger charge is 2.36. The number of carbonyl (C=O) groups is 1. The summed E-state index contributed by atoms with van der Waals surface area (Å²) in [6, 6.07) is 7.43. The lowest BCUT2D eigenvalue weighted by Crippen LogP contribution is -2.54. The van der Waals surface area contributed by atoms with Crippen molar-refractivity contribution in [1.29, 1.82) is 0 Å². The van der Waals surface area contributed by atoms with Gasteiger partial charge in [-0.15, -0.1) is 0 Å². The molecule has 1 fully saturated rings. The van der Waals surface area contributed by atoms with Gasteiger partial charge < -0.3 is 19.9 Å². The zero-order chi connectivity index (χ0) is 14.7. The molecule has 1 aromatic rings. The number of amides is 1. The highest BCUT2D eigenvalue weighted by Crippen LogP contribution is 2.36. The van der Waals surface area contributed by atoms with Crippen molar-refractivity contribution in [3.05, 3.63) is 34.9 Å². The van der Waals surface area contributed by atoms with Gasteiger partial charge in [0.25, 0.3) is 0 Å². The van der Waals surface area contributed by atoms with E-state index in [0.717, 1.165) is 18.4 Å². The van der Waals surface area contributed by atoms with E-state index >= 15 is 0 Å². The molecule has 1 amide bonds. The Morgan fingerprint density at radius 2 is 2.05 bits per heavy atom. The third-order valence-corrected chi connectivity index (χ3v) is 4.21. The van der Waals surface area contributed by atoms with Gasteiger partial charge in [0.05, 0.1) is 6.10 Å². The molecule has 20 heavy (non-hydrogen) atoms. The predicted octanol–water partition coefficient (Wildman–Crippen LogP) is 1.86. The monoisotopic (exact) mass is 296 g/mol. The topological polar surface area (TPSA) is 63.6 Å². The van der Waals surface area contributed by atoms with Gasteiger partial charge in [-0.05, 0) is 30.0 Å². The van der Waals surface area contributed by atoms with E-state index in [1.807, 2.05) is 12.1 Å². The standard InChI is InChI=1S/C15H20ClNO3/c1-2-3-11-8-17(15(19)20)9-13(18)14(11)10-4-6-12(16)7-5-10/h4-7,11,13-14,18H,2-3,8-9H2,1H3,(H,19,20)/p-1. The number of rotatable bonds is 3. The molecule has 3 unspecified atom stereocenters. The van der Waals surface area contributed by atoms with Crippen molar-refractivity contribution in [1.82, 2.24) is 4.90 Å². The number of halogens is 1. The van der Waals surface area contributed by atoms with E-state index in [4.69, 9.17) is 11.6 Å². The zero-order valence-electron chi connectivity index (χ0n) is 11.5. The van der Waals surface area contributed by atoms with Crippen molar-refractivity contribution in [3.63, 3.8) is 0 Å². The van der Waals surface area contributed by atoms with Gasteiger partial charge in [0.1, 0.15) is 6.09 Å². The molecule has 1 saturated heterocycles. The summed E-state index contributed by atoms with van der Waals surface area (Å²) in [7, 11) is 0. The molecule has 5 heteroatoms. The van der Waals surface area contributed by atoms with E-state index in [1.54, 1.807) is 12.1 Å². The van der Waals surface area contributed by atoms with Crippen LogP contribution < -0.4 is 5.11 Å². The van der Waals surface area contributed by atoms with E-state index in [-0.39, 0.29) is 18.4 Å². The maximum Gasteiger partial charge on any atom is 0.137 e. The number of aliphatic hydroxyl groups is 1. The zero-order valence-corrected chi connectivity index (χ0v) is 12.2. The van der Waals surface area contributed by atoms with Gasteiger partial charge in [0.15, 0.2) is 0 Å². The molecule has 1 aliphatic rings. The molecule has 1 heterocycles. The first-order chi connectivity index (χ1) is 9.52. The Balaban J connectivity index is 2.24. The first kappa shape index (κ1) is 15.1. The summed E-state index contributed by atoms with van der Waals surface area (Å²) in [6.07, 6.45) is -0.102. The highest BCUT2D eigenvalue weighted by molar-refractivity contribution is 6.30. The van der Waals surface area contributed by atoms with Gasteiger partial charge in [0, 0.05) is 24.0 Å². The molecule has 0 radical (unpaired) electrons. The lowest BCUT2D eigenvalue weighted by molar-refractivity contribution is -0.269. The van der Waals surface area contributed by atoms with Crippen molar-refractivity contribution >= 4 is 17.7 Å². The molecule has 0 aromatic heterocycles. The maximum atomic E-state index is 11.0. The first-order valence-electron chi connectivity index (χ1n) is 6.92. The summed E-state index contributed by atoms with van der Waals surface area (Å²) >= 11 is 5.89. The first-order valence-corrected chi connectivity index (χ1v) is 7.30. The lowest BCUT2D eigenvalue weighted by atomic mass is 9.76. The Bertz CT molecular complexity index is 463. The molecular formula is C15H19ClNO3-. The smallest absolute Gasteiger partial charge is 0.137 e. The van der Waals surface area contributed by atoms with Crippen molar-refractivity contribution in [2.24, 2.45) is 5.92 Å². The summed E-state index contributed by atoms with van der Waals surface area (Å²) in [5, 5.41) is 22.0. The molecule has 0 saturated carbocycles. The third-order valence-electron chi connectivity index (χ3n) is 3.96. The average molecular weight is 297 g/mol. The van der Waals surface area contributed by atoms with Gasteiger partial charge >= 0.3 is 0 Å². The highest BCUT2D eigenvalue weighted by atomic mass is 35.5. The third kappa shape index (κ3) is 3.25. The SMILES string of the molecule is CCCC1CN(C(=O)[O-])CC(O)C1c1ccc(Cl)cc1. The summed E-state index contributed by atoms with van der Waals surface area (Å²) in [5.74, 6) is 0.0469. The van der Waals surface area contributed by atoms with Gasteiger partial charge in [0.2, 0.25) is 0 Å². The number of aliphatic hydroxyl groups excluding tert-OH is 1. The second-order valence-corrected chi connectivity index (χ2v) is 5.80. The number of benzene rings is 1. The summed E-state index contributed by atoms with van der Waals surface area (Å²) in [5.41, 5.74) is 1.01. The van der Waals surface area contributed by atoms with Crippen LogP contribution >= 0.6 is 11.6 Å². The summed E-state index contributed by atoms with van der Waals surface area (Å²) in [4.78, 5) is 12.2. The predicted molar refractivity (Wildman–Crippen MR) is 75.6 cm³/mol.